The minimum absolute atomic E-state index is 0.158. The number of hydrogen-bond acceptors (Lipinski definition) is 3. The highest BCUT2D eigenvalue weighted by Crippen LogP contribution is 2.24. The second kappa shape index (κ2) is 5.90. The molecule has 0 spiro atoms. The molecule has 1 aliphatic heterocycles. The van der Waals surface area contributed by atoms with Crippen molar-refractivity contribution in [2.75, 3.05) is 11.4 Å². The van der Waals surface area contributed by atoms with Crippen LogP contribution in [0.15, 0.2) is 24.3 Å². The van der Waals surface area contributed by atoms with Crippen molar-refractivity contribution in [3.05, 3.63) is 30.1 Å². The van der Waals surface area contributed by atoms with Gasteiger partial charge in [-0.15, -0.1) is 0 Å². The highest BCUT2D eigenvalue weighted by Gasteiger charge is 2.36. The Labute approximate surface area is 120 Å². The highest BCUT2D eigenvalue weighted by molar-refractivity contribution is 6.03. The molecular weight excluding hydrogens is 279 g/mol. The number of rotatable bonds is 4. The molecule has 6 nitrogen and oxygen atoms in total. The van der Waals surface area contributed by atoms with Crippen molar-refractivity contribution >= 4 is 23.5 Å². The van der Waals surface area contributed by atoms with Crippen LogP contribution in [0.4, 0.5) is 10.1 Å². The van der Waals surface area contributed by atoms with Crippen LogP contribution in [0.25, 0.3) is 0 Å². The largest absolute Gasteiger partial charge is 0.481 e. The quantitative estimate of drug-likeness (QED) is 0.803. The first-order valence-electron chi connectivity index (χ1n) is 6.51. The van der Waals surface area contributed by atoms with E-state index >= 15 is 0 Å². The number of carboxylic acids is 1. The number of carbonyl (C=O) groups excluding carboxylic acids is 2. The van der Waals surface area contributed by atoms with Crippen molar-refractivity contribution in [1.82, 2.24) is 5.32 Å². The van der Waals surface area contributed by atoms with Gasteiger partial charge in [-0.1, -0.05) is 12.1 Å². The van der Waals surface area contributed by atoms with E-state index in [2.05, 4.69) is 5.32 Å². The number of carbonyl (C=O) groups is 3. The van der Waals surface area contributed by atoms with Crippen LogP contribution in [-0.4, -0.2) is 35.5 Å². The number of carboxylic acid groups (broad SMARTS) is 1. The molecule has 1 aliphatic rings. The van der Waals surface area contributed by atoms with Crippen molar-refractivity contribution in [3.8, 4) is 0 Å². The Kier molecular flexibility index (Phi) is 4.21. The summed E-state index contributed by atoms with van der Waals surface area (Å²) in [5.74, 6) is -4.18. The van der Waals surface area contributed by atoms with E-state index in [-0.39, 0.29) is 12.2 Å². The van der Waals surface area contributed by atoms with E-state index in [1.165, 1.54) is 30.0 Å². The third-order valence-electron chi connectivity index (χ3n) is 3.43. The van der Waals surface area contributed by atoms with Gasteiger partial charge >= 0.3 is 5.97 Å². The van der Waals surface area contributed by atoms with E-state index in [0.29, 0.717) is 6.42 Å². The maximum atomic E-state index is 13.7. The Bertz CT molecular complexity index is 590. The summed E-state index contributed by atoms with van der Waals surface area (Å²) in [5, 5.41) is 11.1. The Morgan fingerprint density at radius 2 is 2.10 bits per heavy atom. The maximum absolute atomic E-state index is 13.7. The summed E-state index contributed by atoms with van der Waals surface area (Å²) in [6.07, 6.45) is 0.311. The number of benzene rings is 1. The molecule has 2 N–H and O–H groups in total. The molecule has 1 heterocycles. The Hall–Kier alpha value is -2.44. The van der Waals surface area contributed by atoms with Gasteiger partial charge in [-0.2, -0.15) is 0 Å². The van der Waals surface area contributed by atoms with Crippen LogP contribution in [0, 0.1) is 11.7 Å². The lowest BCUT2D eigenvalue weighted by Gasteiger charge is -2.18. The zero-order valence-electron chi connectivity index (χ0n) is 11.4. The average Bonchev–Trinajstić information content (AvgIpc) is 2.80. The summed E-state index contributed by atoms with van der Waals surface area (Å²) in [7, 11) is 0. The van der Waals surface area contributed by atoms with Crippen molar-refractivity contribution in [2.45, 2.75) is 19.4 Å². The van der Waals surface area contributed by atoms with E-state index in [9.17, 15) is 18.8 Å². The number of anilines is 1. The third-order valence-corrected chi connectivity index (χ3v) is 3.43. The van der Waals surface area contributed by atoms with Gasteiger partial charge in [-0.3, -0.25) is 14.4 Å². The lowest BCUT2D eigenvalue weighted by molar-refractivity contribution is -0.146. The Balaban J connectivity index is 2.07. The number of amides is 2. The first-order valence-corrected chi connectivity index (χ1v) is 6.51. The second-order valence-electron chi connectivity index (χ2n) is 4.85. The van der Waals surface area contributed by atoms with Crippen molar-refractivity contribution in [3.63, 3.8) is 0 Å². The number of halogens is 1. The standard InChI is InChI=1S/C14H15FN2O4/c1-8(14(20)21)12(18)16-10-6-7-17(13(10)19)11-5-3-2-4-9(11)15/h2-5,8,10H,6-7H2,1H3,(H,16,18)(H,20,21). The van der Waals surface area contributed by atoms with Gasteiger partial charge in [-0.25, -0.2) is 4.39 Å². The Morgan fingerprint density at radius 1 is 1.43 bits per heavy atom. The second-order valence-corrected chi connectivity index (χ2v) is 4.85. The van der Waals surface area contributed by atoms with Crippen molar-refractivity contribution in [2.24, 2.45) is 5.92 Å². The lowest BCUT2D eigenvalue weighted by Crippen LogP contribution is -2.45. The summed E-state index contributed by atoms with van der Waals surface area (Å²) < 4.78 is 13.7. The first kappa shape index (κ1) is 15.0. The van der Waals surface area contributed by atoms with E-state index in [0.717, 1.165) is 0 Å². The van der Waals surface area contributed by atoms with E-state index < -0.39 is 35.6 Å². The van der Waals surface area contributed by atoms with Gasteiger partial charge in [0.2, 0.25) is 11.8 Å². The zero-order chi connectivity index (χ0) is 15.6. The SMILES string of the molecule is CC(C(=O)O)C(=O)NC1CCN(c2ccccc2F)C1=O. The molecule has 21 heavy (non-hydrogen) atoms. The monoisotopic (exact) mass is 294 g/mol. The number of hydrogen-bond donors (Lipinski definition) is 2. The third kappa shape index (κ3) is 3.01. The molecule has 1 aromatic carbocycles. The fourth-order valence-electron chi connectivity index (χ4n) is 2.13. The minimum atomic E-state index is -1.26. The van der Waals surface area contributed by atoms with Gasteiger partial charge in [0, 0.05) is 6.54 Å². The normalized spacial score (nSPS) is 19.4. The van der Waals surface area contributed by atoms with Crippen LogP contribution in [0.1, 0.15) is 13.3 Å². The lowest BCUT2D eigenvalue weighted by atomic mass is 10.1. The summed E-state index contributed by atoms with van der Waals surface area (Å²) in [5.41, 5.74) is 0.158. The van der Waals surface area contributed by atoms with Gasteiger partial charge in [0.05, 0.1) is 5.69 Å². The smallest absolute Gasteiger partial charge is 0.315 e. The van der Waals surface area contributed by atoms with Crippen LogP contribution < -0.4 is 10.2 Å². The molecule has 2 unspecified atom stereocenters. The molecule has 2 amide bonds. The van der Waals surface area contributed by atoms with E-state index in [4.69, 9.17) is 5.11 Å². The molecule has 2 rings (SSSR count). The zero-order valence-corrected chi connectivity index (χ0v) is 11.4. The molecule has 0 aromatic heterocycles. The highest BCUT2D eigenvalue weighted by atomic mass is 19.1. The molecule has 2 atom stereocenters. The van der Waals surface area contributed by atoms with Crippen molar-refractivity contribution in [1.29, 1.82) is 0 Å². The van der Waals surface area contributed by atoms with Crippen LogP contribution in [0.3, 0.4) is 0 Å². The molecule has 112 valence electrons. The number of para-hydroxylation sites is 1. The minimum Gasteiger partial charge on any atom is -0.481 e. The van der Waals surface area contributed by atoms with Gasteiger partial charge < -0.3 is 15.3 Å². The maximum Gasteiger partial charge on any atom is 0.315 e. The summed E-state index contributed by atoms with van der Waals surface area (Å²) in [4.78, 5) is 35.8. The molecule has 0 radical (unpaired) electrons. The summed E-state index contributed by atoms with van der Waals surface area (Å²) in [6, 6.07) is 5.05. The van der Waals surface area contributed by atoms with Gasteiger partial charge in [-0.05, 0) is 25.5 Å². The first-order chi connectivity index (χ1) is 9.91. The average molecular weight is 294 g/mol. The molecule has 7 heteroatoms. The van der Waals surface area contributed by atoms with E-state index in [1.54, 1.807) is 6.07 Å². The van der Waals surface area contributed by atoms with Crippen LogP contribution in [-0.2, 0) is 14.4 Å². The number of nitrogens with zero attached hydrogens (tertiary/aromatic N) is 1. The summed E-state index contributed by atoms with van der Waals surface area (Å²) in [6.45, 7) is 1.51. The molecule has 1 saturated heterocycles. The predicted molar refractivity (Wildman–Crippen MR) is 72.1 cm³/mol. The summed E-state index contributed by atoms with van der Waals surface area (Å²) >= 11 is 0. The molecule has 1 fully saturated rings. The van der Waals surface area contributed by atoms with Gasteiger partial charge in [0.15, 0.2) is 0 Å². The predicted octanol–water partition coefficient (Wildman–Crippen LogP) is 0.768. The van der Waals surface area contributed by atoms with Crippen molar-refractivity contribution < 1.29 is 23.9 Å². The Morgan fingerprint density at radius 3 is 2.71 bits per heavy atom. The topological polar surface area (TPSA) is 86.7 Å². The van der Waals surface area contributed by atoms with Crippen LogP contribution in [0.2, 0.25) is 0 Å². The van der Waals surface area contributed by atoms with Gasteiger partial charge in [0.25, 0.3) is 0 Å². The van der Waals surface area contributed by atoms with Crippen LogP contribution >= 0.6 is 0 Å². The molecule has 0 aliphatic carbocycles. The fraction of sp³-hybridized carbons (Fsp3) is 0.357. The molecule has 0 saturated carbocycles. The van der Waals surface area contributed by atoms with E-state index in [1.807, 2.05) is 0 Å². The number of nitrogens with one attached hydrogen (secondary N) is 1. The van der Waals surface area contributed by atoms with Gasteiger partial charge in [0.1, 0.15) is 17.8 Å². The molecule has 1 aromatic rings. The number of aliphatic carboxylic acids is 1. The molecular formula is C14H15FN2O4. The fourth-order valence-corrected chi connectivity index (χ4v) is 2.13. The molecule has 0 bridgehead atoms. The van der Waals surface area contributed by atoms with Crippen LogP contribution in [0.5, 0.6) is 0 Å².